The Balaban J connectivity index is 1.43. The molecule has 0 radical (unpaired) electrons. The minimum atomic E-state index is -1.54. The normalized spacial score (nSPS) is 26.9. The monoisotopic (exact) mass is 535 g/mol. The predicted molar refractivity (Wildman–Crippen MR) is 139 cm³/mol. The number of amides is 3. The highest BCUT2D eigenvalue weighted by Crippen LogP contribution is 2.55. The van der Waals surface area contributed by atoms with Crippen LogP contribution in [0.15, 0.2) is 72.8 Å². The van der Waals surface area contributed by atoms with Gasteiger partial charge in [0.05, 0.1) is 24.0 Å². The van der Waals surface area contributed by atoms with E-state index >= 15 is 0 Å². The van der Waals surface area contributed by atoms with Gasteiger partial charge in [0.15, 0.2) is 0 Å². The molecule has 3 amide bonds. The number of hydrogen-bond acceptors (Lipinski definition) is 5. The number of hydrogen-bond donors (Lipinski definition) is 3. The number of carbonyl (C=O) groups excluding carboxylic acids is 3. The molecule has 3 aliphatic rings. The van der Waals surface area contributed by atoms with Crippen molar-refractivity contribution < 1.29 is 19.5 Å². The van der Waals surface area contributed by atoms with Gasteiger partial charge in [-0.1, -0.05) is 65.7 Å². The van der Waals surface area contributed by atoms with Gasteiger partial charge >= 0.3 is 0 Å². The van der Waals surface area contributed by atoms with Crippen molar-refractivity contribution in [1.82, 2.24) is 10.2 Å². The number of nitrogens with one attached hydrogen (secondary N) is 2. The number of aliphatic hydroxyl groups is 1. The van der Waals surface area contributed by atoms with Crippen molar-refractivity contribution in [3.05, 3.63) is 99.5 Å². The molecule has 3 aliphatic heterocycles. The zero-order valence-corrected chi connectivity index (χ0v) is 21.0. The molecule has 0 aliphatic carbocycles. The SMILES string of the molecule is O=C1C2C(C(O)c3ccc(Cl)cc3)NC3(C(=O)Nc4ccc(Cl)cc43)C2C(=O)N1CCc1ccccc1. The molecule has 37 heavy (non-hydrogen) atoms. The number of aliphatic hydroxyl groups excluding tert-OH is 1. The number of halogens is 2. The Kier molecular flexibility index (Phi) is 5.84. The molecular formula is C28H23Cl2N3O4. The van der Waals surface area contributed by atoms with E-state index in [1.54, 1.807) is 42.5 Å². The smallest absolute Gasteiger partial charge is 0.250 e. The van der Waals surface area contributed by atoms with Crippen molar-refractivity contribution in [2.24, 2.45) is 11.8 Å². The number of anilines is 1. The van der Waals surface area contributed by atoms with Gasteiger partial charge < -0.3 is 10.4 Å². The van der Waals surface area contributed by atoms with E-state index in [0.717, 1.165) is 5.56 Å². The van der Waals surface area contributed by atoms with Crippen molar-refractivity contribution in [1.29, 1.82) is 0 Å². The Morgan fingerprint density at radius 3 is 2.35 bits per heavy atom. The average molecular weight is 536 g/mol. The summed E-state index contributed by atoms with van der Waals surface area (Å²) in [4.78, 5) is 42.6. The topological polar surface area (TPSA) is 98.7 Å². The fourth-order valence-corrected chi connectivity index (χ4v) is 6.30. The van der Waals surface area contributed by atoms with Crippen molar-refractivity contribution in [2.45, 2.75) is 24.1 Å². The third-order valence-electron chi connectivity index (χ3n) is 7.72. The lowest BCUT2D eigenvalue weighted by Crippen LogP contribution is -2.54. The van der Waals surface area contributed by atoms with Gasteiger partial charge in [0.2, 0.25) is 17.7 Å². The molecule has 3 heterocycles. The van der Waals surface area contributed by atoms with E-state index in [0.29, 0.717) is 33.3 Å². The van der Waals surface area contributed by atoms with Crippen LogP contribution >= 0.6 is 23.2 Å². The van der Waals surface area contributed by atoms with Crippen LogP contribution in [0.1, 0.15) is 22.8 Å². The number of benzene rings is 3. The molecule has 3 aromatic rings. The Labute approximate surface area is 223 Å². The van der Waals surface area contributed by atoms with E-state index in [-0.39, 0.29) is 6.54 Å². The first-order valence-corrected chi connectivity index (χ1v) is 12.8. The summed E-state index contributed by atoms with van der Waals surface area (Å²) in [6, 6.07) is 20.3. The summed E-state index contributed by atoms with van der Waals surface area (Å²) < 4.78 is 0. The van der Waals surface area contributed by atoms with Crippen LogP contribution in [0.2, 0.25) is 10.0 Å². The van der Waals surface area contributed by atoms with E-state index in [9.17, 15) is 19.5 Å². The first-order valence-electron chi connectivity index (χ1n) is 12.0. The standard InChI is InChI=1S/C28H23Cl2N3O4/c29-17-8-6-16(7-9-17)24(34)23-21-22(26(36)33(25(21)35)13-12-15-4-2-1-3-5-15)28(32-23)19-14-18(30)10-11-20(19)31-27(28)37/h1-11,14,21-24,32,34H,12-13H2,(H,31,37). The summed E-state index contributed by atoms with van der Waals surface area (Å²) in [7, 11) is 0. The van der Waals surface area contributed by atoms with Gasteiger partial charge in [-0.3, -0.25) is 24.6 Å². The van der Waals surface area contributed by atoms with Crippen LogP contribution in [0.5, 0.6) is 0 Å². The van der Waals surface area contributed by atoms with Gasteiger partial charge in [-0.15, -0.1) is 0 Å². The lowest BCUT2D eigenvalue weighted by molar-refractivity contribution is -0.143. The summed E-state index contributed by atoms with van der Waals surface area (Å²) in [6.45, 7) is 0.179. The van der Waals surface area contributed by atoms with E-state index in [1.165, 1.54) is 4.90 Å². The number of rotatable bonds is 5. The van der Waals surface area contributed by atoms with Crippen LogP contribution in [0.4, 0.5) is 5.69 Å². The van der Waals surface area contributed by atoms with Gasteiger partial charge in [0, 0.05) is 27.8 Å². The van der Waals surface area contributed by atoms with Crippen molar-refractivity contribution >= 4 is 46.6 Å². The molecule has 1 spiro atoms. The van der Waals surface area contributed by atoms with Gasteiger partial charge in [-0.25, -0.2) is 0 Å². The summed E-state index contributed by atoms with van der Waals surface area (Å²) >= 11 is 12.3. The van der Waals surface area contributed by atoms with Gasteiger partial charge in [-0.2, -0.15) is 0 Å². The molecule has 5 atom stereocenters. The Bertz CT molecular complexity index is 1410. The molecule has 6 rings (SSSR count). The molecule has 3 N–H and O–H groups in total. The highest BCUT2D eigenvalue weighted by Gasteiger charge is 2.71. The second-order valence-corrected chi connectivity index (χ2v) is 10.6. The number of fused-ring (bicyclic) bond motifs is 4. The second kappa shape index (κ2) is 8.96. The average Bonchev–Trinajstić information content (AvgIpc) is 3.48. The van der Waals surface area contributed by atoms with Crippen LogP contribution in [0.3, 0.4) is 0 Å². The Hall–Kier alpha value is -3.23. The van der Waals surface area contributed by atoms with Crippen LogP contribution in [-0.2, 0) is 26.3 Å². The molecule has 2 saturated heterocycles. The molecule has 9 heteroatoms. The number of carbonyl (C=O) groups is 3. The lowest BCUT2D eigenvalue weighted by atomic mass is 9.76. The molecule has 5 unspecified atom stereocenters. The Morgan fingerprint density at radius 2 is 1.62 bits per heavy atom. The van der Waals surface area contributed by atoms with E-state index < -0.39 is 47.2 Å². The fourth-order valence-electron chi connectivity index (χ4n) is 6.01. The zero-order chi connectivity index (χ0) is 25.9. The number of imide groups is 1. The molecule has 3 aromatic carbocycles. The largest absolute Gasteiger partial charge is 0.387 e. The zero-order valence-electron chi connectivity index (χ0n) is 19.5. The van der Waals surface area contributed by atoms with E-state index in [4.69, 9.17) is 23.2 Å². The van der Waals surface area contributed by atoms with Crippen LogP contribution in [0.25, 0.3) is 0 Å². The molecule has 0 bridgehead atoms. The molecule has 188 valence electrons. The highest BCUT2D eigenvalue weighted by atomic mass is 35.5. The second-order valence-electron chi connectivity index (χ2n) is 9.69. The molecule has 2 fully saturated rings. The number of likely N-dealkylation sites (tertiary alicyclic amines) is 1. The van der Waals surface area contributed by atoms with Crippen LogP contribution < -0.4 is 10.6 Å². The first kappa shape index (κ1) is 24.1. The minimum absolute atomic E-state index is 0.179. The minimum Gasteiger partial charge on any atom is -0.387 e. The van der Waals surface area contributed by atoms with Crippen LogP contribution in [-0.4, -0.2) is 40.3 Å². The van der Waals surface area contributed by atoms with Crippen molar-refractivity contribution in [3.63, 3.8) is 0 Å². The van der Waals surface area contributed by atoms with E-state index in [1.807, 2.05) is 30.3 Å². The molecule has 0 saturated carbocycles. The number of nitrogens with zero attached hydrogens (tertiary/aromatic N) is 1. The molecule has 0 aromatic heterocycles. The quantitative estimate of drug-likeness (QED) is 0.433. The molecular weight excluding hydrogens is 513 g/mol. The summed E-state index contributed by atoms with van der Waals surface area (Å²) in [6.07, 6.45) is -0.692. The highest BCUT2D eigenvalue weighted by molar-refractivity contribution is 6.31. The van der Waals surface area contributed by atoms with Gasteiger partial charge in [-0.05, 0) is 47.9 Å². The third kappa shape index (κ3) is 3.68. The molecule has 7 nitrogen and oxygen atoms in total. The Morgan fingerprint density at radius 1 is 0.919 bits per heavy atom. The predicted octanol–water partition coefficient (Wildman–Crippen LogP) is 3.69. The van der Waals surface area contributed by atoms with Crippen molar-refractivity contribution in [2.75, 3.05) is 11.9 Å². The maximum Gasteiger partial charge on any atom is 0.250 e. The maximum atomic E-state index is 13.9. The van der Waals surface area contributed by atoms with Gasteiger partial charge in [0.25, 0.3) is 0 Å². The van der Waals surface area contributed by atoms with E-state index in [2.05, 4.69) is 10.6 Å². The van der Waals surface area contributed by atoms with Gasteiger partial charge in [0.1, 0.15) is 5.54 Å². The maximum absolute atomic E-state index is 13.9. The van der Waals surface area contributed by atoms with Crippen LogP contribution in [0, 0.1) is 11.8 Å². The third-order valence-corrected chi connectivity index (χ3v) is 8.21. The summed E-state index contributed by atoms with van der Waals surface area (Å²) in [5.74, 6) is -3.28. The first-order chi connectivity index (χ1) is 17.8. The fraction of sp³-hybridized carbons (Fsp3) is 0.250. The lowest BCUT2D eigenvalue weighted by Gasteiger charge is -2.30. The van der Waals surface area contributed by atoms with Crippen molar-refractivity contribution in [3.8, 4) is 0 Å². The summed E-state index contributed by atoms with van der Waals surface area (Å²) in [5.41, 5.74) is 0.978. The summed E-state index contributed by atoms with van der Waals surface area (Å²) in [5, 5.41) is 18.4.